The van der Waals surface area contributed by atoms with Gasteiger partial charge in [-0.05, 0) is 103 Å². The lowest BCUT2D eigenvalue weighted by Crippen LogP contribution is -2.33. The molecule has 1 heterocycles. The molecule has 1 atom stereocenters. The number of hydrogen-bond donors (Lipinski definition) is 0. The highest BCUT2D eigenvalue weighted by Gasteiger charge is 2.53. The van der Waals surface area contributed by atoms with Crippen molar-refractivity contribution in [2.45, 2.75) is 62.8 Å². The fraction of sp³-hybridized carbons (Fsp3) is 0.156. The smallest absolute Gasteiger partial charge is 0.140 e. The summed E-state index contributed by atoms with van der Waals surface area (Å²) in [6.45, 7) is 9.55. The second-order valence-electron chi connectivity index (χ2n) is 20.2. The van der Waals surface area contributed by atoms with E-state index < -0.39 is 5.41 Å². The fourth-order valence-electron chi connectivity index (χ4n) is 13.3. The van der Waals surface area contributed by atoms with Crippen LogP contribution < -0.4 is 9.64 Å². The van der Waals surface area contributed by atoms with Crippen LogP contribution in [0.2, 0.25) is 0 Å². The lowest BCUT2D eigenvalue weighted by Gasteiger charge is -2.41. The van der Waals surface area contributed by atoms with Crippen molar-refractivity contribution >= 4 is 38.5 Å². The monoisotopic (exact) mass is 847 g/mol. The van der Waals surface area contributed by atoms with Crippen LogP contribution in [-0.4, -0.2) is 6.04 Å². The molecule has 66 heavy (non-hydrogen) atoms. The van der Waals surface area contributed by atoms with Gasteiger partial charge < -0.3 is 9.64 Å². The molecule has 0 amide bonds. The minimum atomic E-state index is -0.584. The third kappa shape index (κ3) is 4.81. The highest BCUT2D eigenvalue weighted by Crippen LogP contribution is 2.65. The van der Waals surface area contributed by atoms with Crippen molar-refractivity contribution in [2.75, 3.05) is 4.90 Å². The zero-order valence-corrected chi connectivity index (χ0v) is 37.8. The van der Waals surface area contributed by atoms with Gasteiger partial charge in [-0.1, -0.05) is 204 Å². The Balaban J connectivity index is 1.01. The number of anilines is 2. The molecule has 2 heteroatoms. The van der Waals surface area contributed by atoms with E-state index >= 15 is 0 Å². The Labute approximate surface area is 387 Å². The predicted octanol–water partition coefficient (Wildman–Crippen LogP) is 16.4. The summed E-state index contributed by atoms with van der Waals surface area (Å²) >= 11 is 0. The molecule has 4 aliphatic carbocycles. The Kier molecular flexibility index (Phi) is 7.66. The van der Waals surface area contributed by atoms with E-state index in [1.807, 2.05) is 0 Å². The third-order valence-electron chi connectivity index (χ3n) is 16.4. The Morgan fingerprint density at radius 1 is 0.470 bits per heavy atom. The Morgan fingerprint density at radius 2 is 1.02 bits per heavy atom. The zero-order valence-electron chi connectivity index (χ0n) is 37.8. The molecule has 1 spiro atoms. The number of ether oxygens (including phenoxy) is 1. The van der Waals surface area contributed by atoms with E-state index in [1.54, 1.807) is 0 Å². The Hall–Kier alpha value is -7.42. The lowest BCUT2D eigenvalue weighted by molar-refractivity contribution is 0.446. The van der Waals surface area contributed by atoms with Crippen molar-refractivity contribution in [3.05, 3.63) is 244 Å². The summed E-state index contributed by atoms with van der Waals surface area (Å²) in [5, 5.41) is 4.65. The van der Waals surface area contributed by atoms with Gasteiger partial charge >= 0.3 is 0 Å². The molecule has 0 aromatic heterocycles. The number of benzene rings is 9. The molecule has 316 valence electrons. The summed E-state index contributed by atoms with van der Waals surface area (Å²) in [4.78, 5) is 2.70. The first-order valence-corrected chi connectivity index (χ1v) is 23.8. The number of fused-ring (bicyclic) bond motifs is 18. The Bertz CT molecular complexity index is 3570. The molecule has 5 aliphatic rings. The van der Waals surface area contributed by atoms with Crippen molar-refractivity contribution < 1.29 is 4.74 Å². The van der Waals surface area contributed by atoms with E-state index in [2.05, 4.69) is 227 Å². The summed E-state index contributed by atoms with van der Waals surface area (Å²) < 4.78 is 7.30. The molecular weight excluding hydrogens is 799 g/mol. The van der Waals surface area contributed by atoms with Crippen molar-refractivity contribution in [2.24, 2.45) is 0 Å². The summed E-state index contributed by atoms with van der Waals surface area (Å²) in [6, 6.07) is 68.6. The van der Waals surface area contributed by atoms with E-state index in [4.69, 9.17) is 4.74 Å². The molecule has 9 aromatic rings. The first-order valence-electron chi connectivity index (χ1n) is 23.8. The number of rotatable bonds is 3. The van der Waals surface area contributed by atoms with E-state index in [-0.39, 0.29) is 16.9 Å². The molecule has 2 nitrogen and oxygen atoms in total. The third-order valence-corrected chi connectivity index (χ3v) is 16.4. The summed E-state index contributed by atoms with van der Waals surface area (Å²) in [7, 11) is 0. The Morgan fingerprint density at radius 3 is 1.73 bits per heavy atom. The molecule has 0 bridgehead atoms. The van der Waals surface area contributed by atoms with Crippen molar-refractivity contribution in [3.63, 3.8) is 0 Å². The number of hydrogen-bond acceptors (Lipinski definition) is 2. The van der Waals surface area contributed by atoms with Crippen LogP contribution in [0.5, 0.6) is 11.5 Å². The minimum absolute atomic E-state index is 0.0527. The average molecular weight is 848 g/mol. The quantitative estimate of drug-likeness (QED) is 0.176. The van der Waals surface area contributed by atoms with Gasteiger partial charge in [0.05, 0.1) is 11.5 Å². The van der Waals surface area contributed by atoms with Crippen molar-refractivity contribution in [1.29, 1.82) is 0 Å². The molecule has 0 radical (unpaired) electrons. The van der Waals surface area contributed by atoms with Crippen LogP contribution in [0.15, 0.2) is 200 Å². The zero-order chi connectivity index (χ0) is 44.1. The fourth-order valence-corrected chi connectivity index (χ4v) is 13.3. The molecule has 0 saturated carbocycles. The molecule has 0 fully saturated rings. The highest BCUT2D eigenvalue weighted by atomic mass is 16.5. The molecule has 14 rings (SSSR count). The SMILES string of the molecule is CC1(C)c2ccccc2-c2cc(N(c3cccc4c3-c3ccccc3C4(C)C)C3C=CC4=C(CC3)c3ccccc3C43c4ccc5ccccc5c4Oc4c3ccc3ccccc43)ccc21. The predicted molar refractivity (Wildman–Crippen MR) is 274 cm³/mol. The maximum Gasteiger partial charge on any atom is 0.140 e. The standard InChI is InChI=1S/C64H49NO/c1-62(2)50-23-12-9-21-46(50)49-38-42(32-36-52(49)62)65(58-27-15-26-55-59(58)48-22-11-13-24-51(48)63(55,3)4)41-30-33-47-45-20-10-14-25-53(45)64(54(47)37-31-41)56-34-28-39-16-5-7-18-43(39)60(56)66-61-44-19-8-6-17-40(44)29-35-57(61)64/h5-29,31-32,34-38,41H,30,33H2,1-4H3. The van der Waals surface area contributed by atoms with Gasteiger partial charge in [0, 0.05) is 49.7 Å². The van der Waals surface area contributed by atoms with E-state index in [0.717, 1.165) is 35.1 Å². The second kappa shape index (κ2) is 13.3. The molecular formula is C64H49NO. The topological polar surface area (TPSA) is 12.5 Å². The van der Waals surface area contributed by atoms with Crippen molar-refractivity contribution in [3.8, 4) is 33.8 Å². The normalized spacial score (nSPS) is 18.1. The van der Waals surface area contributed by atoms with Gasteiger partial charge in [-0.15, -0.1) is 0 Å². The molecule has 1 aliphatic heterocycles. The van der Waals surface area contributed by atoms with Crippen LogP contribution in [0.4, 0.5) is 11.4 Å². The minimum Gasteiger partial charge on any atom is -0.455 e. The van der Waals surface area contributed by atoms with Crippen molar-refractivity contribution in [1.82, 2.24) is 0 Å². The van der Waals surface area contributed by atoms with Crippen LogP contribution in [0.3, 0.4) is 0 Å². The van der Waals surface area contributed by atoms with Gasteiger partial charge in [0.2, 0.25) is 0 Å². The van der Waals surface area contributed by atoms with Gasteiger partial charge in [0.25, 0.3) is 0 Å². The number of allylic oxidation sites excluding steroid dienone is 3. The van der Waals surface area contributed by atoms with Crippen LogP contribution >= 0.6 is 0 Å². The average Bonchev–Trinajstić information content (AvgIpc) is 3.76. The molecule has 1 unspecified atom stereocenters. The number of nitrogens with zero attached hydrogens (tertiary/aromatic N) is 1. The van der Waals surface area contributed by atoms with Gasteiger partial charge in [-0.25, -0.2) is 0 Å². The highest BCUT2D eigenvalue weighted by molar-refractivity contribution is 6.01. The van der Waals surface area contributed by atoms with E-state index in [9.17, 15) is 0 Å². The largest absolute Gasteiger partial charge is 0.455 e. The van der Waals surface area contributed by atoms with Crippen LogP contribution in [-0.2, 0) is 16.2 Å². The van der Waals surface area contributed by atoms with Gasteiger partial charge in [0.15, 0.2) is 0 Å². The summed E-state index contributed by atoms with van der Waals surface area (Å²) in [5.41, 5.74) is 20.6. The van der Waals surface area contributed by atoms with Gasteiger partial charge in [0.1, 0.15) is 11.5 Å². The van der Waals surface area contributed by atoms with Gasteiger partial charge in [-0.3, -0.25) is 0 Å². The first kappa shape index (κ1) is 37.9. The summed E-state index contributed by atoms with van der Waals surface area (Å²) in [6.07, 6.45) is 6.96. The maximum absolute atomic E-state index is 7.30. The van der Waals surface area contributed by atoms with E-state index in [0.29, 0.717) is 0 Å². The maximum atomic E-state index is 7.30. The molecule has 9 aromatic carbocycles. The van der Waals surface area contributed by atoms with Crippen LogP contribution in [0, 0.1) is 0 Å². The lowest BCUT2D eigenvalue weighted by atomic mass is 9.64. The molecule has 0 N–H and O–H groups in total. The van der Waals surface area contributed by atoms with Crippen LogP contribution in [0.1, 0.15) is 85.0 Å². The van der Waals surface area contributed by atoms with Gasteiger partial charge in [-0.2, -0.15) is 0 Å². The van der Waals surface area contributed by atoms with Crippen LogP contribution in [0.25, 0.3) is 49.4 Å². The second-order valence-corrected chi connectivity index (χ2v) is 20.2. The first-order chi connectivity index (χ1) is 32.3. The summed E-state index contributed by atoms with van der Waals surface area (Å²) in [5.74, 6) is 1.91. The molecule has 0 saturated heterocycles. The van der Waals surface area contributed by atoms with E-state index in [1.165, 1.54) is 100 Å².